The van der Waals surface area contributed by atoms with Crippen molar-refractivity contribution in [3.8, 4) is 11.1 Å². The third-order valence-corrected chi connectivity index (χ3v) is 3.65. The second-order valence-electron chi connectivity index (χ2n) is 4.96. The lowest BCUT2D eigenvalue weighted by atomic mass is 10.1. The van der Waals surface area contributed by atoms with Crippen molar-refractivity contribution in [1.29, 1.82) is 0 Å². The van der Waals surface area contributed by atoms with Gasteiger partial charge in [0.1, 0.15) is 0 Å². The number of hydrogen-bond donors (Lipinski definition) is 1. The van der Waals surface area contributed by atoms with Gasteiger partial charge < -0.3 is 5.32 Å². The van der Waals surface area contributed by atoms with Crippen LogP contribution < -0.4 is 5.32 Å². The fourth-order valence-electron chi connectivity index (χ4n) is 2.06. The molecule has 0 saturated heterocycles. The largest absolute Gasteiger partial charge is 0.356 e. The zero-order valence-corrected chi connectivity index (χ0v) is 13.8. The van der Waals surface area contributed by atoms with Crippen molar-refractivity contribution in [3.63, 3.8) is 0 Å². The average Bonchev–Trinajstić information content (AvgIpc) is 2.94. The van der Waals surface area contributed by atoms with Crippen molar-refractivity contribution < 1.29 is 4.79 Å². The van der Waals surface area contributed by atoms with E-state index in [-0.39, 0.29) is 5.91 Å². The maximum absolute atomic E-state index is 11.5. The third kappa shape index (κ3) is 5.01. The first-order valence-corrected chi connectivity index (χ1v) is 8.03. The number of halogens is 1. The van der Waals surface area contributed by atoms with Crippen LogP contribution in [-0.4, -0.2) is 22.2 Å². The van der Waals surface area contributed by atoms with Gasteiger partial charge in [-0.2, -0.15) is 5.10 Å². The Bertz CT molecular complexity index is 595. The van der Waals surface area contributed by atoms with Gasteiger partial charge in [-0.05, 0) is 30.5 Å². The molecule has 4 nitrogen and oxygen atoms in total. The van der Waals surface area contributed by atoms with E-state index in [1.807, 2.05) is 36.1 Å². The molecule has 0 aliphatic heterocycles. The summed E-state index contributed by atoms with van der Waals surface area (Å²) >= 11 is 3.47. The Morgan fingerprint density at radius 1 is 1.38 bits per heavy atom. The second-order valence-corrected chi connectivity index (χ2v) is 5.87. The van der Waals surface area contributed by atoms with Crippen molar-refractivity contribution in [2.45, 2.75) is 32.7 Å². The number of nitrogens with one attached hydrogen (secondary N) is 1. The molecule has 1 heterocycles. The zero-order valence-electron chi connectivity index (χ0n) is 12.2. The van der Waals surface area contributed by atoms with Gasteiger partial charge in [0.25, 0.3) is 0 Å². The van der Waals surface area contributed by atoms with E-state index >= 15 is 0 Å². The van der Waals surface area contributed by atoms with Crippen LogP contribution in [0.4, 0.5) is 0 Å². The van der Waals surface area contributed by atoms with Crippen LogP contribution >= 0.6 is 15.9 Å². The molecule has 0 bridgehead atoms. The van der Waals surface area contributed by atoms with Gasteiger partial charge in [0, 0.05) is 35.7 Å². The van der Waals surface area contributed by atoms with Crippen LogP contribution in [-0.2, 0) is 11.3 Å². The van der Waals surface area contributed by atoms with E-state index in [0.29, 0.717) is 6.42 Å². The summed E-state index contributed by atoms with van der Waals surface area (Å²) in [5, 5.41) is 7.23. The Morgan fingerprint density at radius 2 is 2.24 bits per heavy atom. The Morgan fingerprint density at radius 3 is 3.00 bits per heavy atom. The summed E-state index contributed by atoms with van der Waals surface area (Å²) in [5.74, 6) is 0.121. The third-order valence-electron chi connectivity index (χ3n) is 3.15. The molecule has 0 radical (unpaired) electrons. The molecule has 21 heavy (non-hydrogen) atoms. The van der Waals surface area contributed by atoms with Crippen molar-refractivity contribution in [2.75, 3.05) is 6.54 Å². The van der Waals surface area contributed by atoms with E-state index in [2.05, 4.69) is 38.5 Å². The number of rotatable bonds is 7. The summed E-state index contributed by atoms with van der Waals surface area (Å²) in [7, 11) is 0. The first-order chi connectivity index (χ1) is 10.2. The van der Waals surface area contributed by atoms with Crippen LogP contribution in [0.25, 0.3) is 11.1 Å². The van der Waals surface area contributed by atoms with E-state index < -0.39 is 0 Å². The topological polar surface area (TPSA) is 46.9 Å². The number of aryl methyl sites for hydroxylation is 1. The molecule has 0 unspecified atom stereocenters. The van der Waals surface area contributed by atoms with Gasteiger partial charge >= 0.3 is 0 Å². The molecule has 0 atom stereocenters. The number of aromatic nitrogens is 2. The minimum absolute atomic E-state index is 0.121. The molecule has 5 heteroatoms. The Kier molecular flexibility index (Phi) is 5.99. The number of carbonyl (C=O) groups excluding carboxylic acids is 1. The fraction of sp³-hybridized carbons (Fsp3) is 0.375. The highest BCUT2D eigenvalue weighted by molar-refractivity contribution is 9.10. The highest BCUT2D eigenvalue weighted by Gasteiger charge is 2.04. The van der Waals surface area contributed by atoms with Gasteiger partial charge in [-0.1, -0.05) is 35.0 Å². The summed E-state index contributed by atoms with van der Waals surface area (Å²) in [5.41, 5.74) is 2.23. The lowest BCUT2D eigenvalue weighted by Gasteiger charge is -2.03. The van der Waals surface area contributed by atoms with Crippen LogP contribution in [0.5, 0.6) is 0 Å². The number of nitrogens with zero attached hydrogens (tertiary/aromatic N) is 2. The van der Waals surface area contributed by atoms with Crippen molar-refractivity contribution in [3.05, 3.63) is 41.1 Å². The lowest BCUT2D eigenvalue weighted by molar-refractivity contribution is -0.121. The second kappa shape index (κ2) is 7.98. The van der Waals surface area contributed by atoms with Crippen LogP contribution in [0.15, 0.2) is 41.1 Å². The number of amides is 1. The SMILES string of the molecule is CCCNC(=O)CCCn1cc(-c2cccc(Br)c2)cn1. The van der Waals surface area contributed by atoms with Crippen LogP contribution in [0.1, 0.15) is 26.2 Å². The highest BCUT2D eigenvalue weighted by atomic mass is 79.9. The van der Waals surface area contributed by atoms with E-state index in [0.717, 1.165) is 41.5 Å². The molecular formula is C16H20BrN3O. The lowest BCUT2D eigenvalue weighted by Crippen LogP contribution is -2.23. The summed E-state index contributed by atoms with van der Waals surface area (Å²) in [6.07, 6.45) is 6.20. The number of benzene rings is 1. The van der Waals surface area contributed by atoms with E-state index in [4.69, 9.17) is 0 Å². The zero-order chi connectivity index (χ0) is 15.1. The molecule has 0 aliphatic rings. The van der Waals surface area contributed by atoms with Crippen molar-refractivity contribution in [2.24, 2.45) is 0 Å². The maximum atomic E-state index is 11.5. The number of hydrogen-bond acceptors (Lipinski definition) is 2. The van der Waals surface area contributed by atoms with Gasteiger partial charge in [0.05, 0.1) is 6.20 Å². The predicted octanol–water partition coefficient (Wildman–Crippen LogP) is 3.62. The van der Waals surface area contributed by atoms with Gasteiger partial charge in [-0.25, -0.2) is 0 Å². The van der Waals surface area contributed by atoms with Crippen LogP contribution in [0, 0.1) is 0 Å². The molecule has 2 rings (SSSR count). The molecule has 1 amide bonds. The minimum Gasteiger partial charge on any atom is -0.356 e. The summed E-state index contributed by atoms with van der Waals surface area (Å²) in [6, 6.07) is 8.14. The van der Waals surface area contributed by atoms with E-state index in [1.165, 1.54) is 0 Å². The van der Waals surface area contributed by atoms with Crippen molar-refractivity contribution >= 4 is 21.8 Å². The van der Waals surface area contributed by atoms with Crippen molar-refractivity contribution in [1.82, 2.24) is 15.1 Å². The Hall–Kier alpha value is -1.62. The molecular weight excluding hydrogens is 330 g/mol. The summed E-state index contributed by atoms with van der Waals surface area (Å²) in [6.45, 7) is 3.56. The van der Waals surface area contributed by atoms with Crippen LogP contribution in [0.3, 0.4) is 0 Å². The van der Waals surface area contributed by atoms with Crippen LogP contribution in [0.2, 0.25) is 0 Å². The fourth-order valence-corrected chi connectivity index (χ4v) is 2.46. The average molecular weight is 350 g/mol. The monoisotopic (exact) mass is 349 g/mol. The highest BCUT2D eigenvalue weighted by Crippen LogP contribution is 2.22. The van der Waals surface area contributed by atoms with E-state index in [9.17, 15) is 4.79 Å². The van der Waals surface area contributed by atoms with Gasteiger partial charge in [-0.15, -0.1) is 0 Å². The molecule has 0 saturated carbocycles. The standard InChI is InChI=1S/C16H20BrN3O/c1-2-8-18-16(21)7-4-9-20-12-14(11-19-20)13-5-3-6-15(17)10-13/h3,5-6,10-12H,2,4,7-9H2,1H3,(H,18,21). The molecule has 0 aliphatic carbocycles. The Balaban J connectivity index is 1.85. The normalized spacial score (nSPS) is 10.6. The molecule has 0 spiro atoms. The molecule has 1 N–H and O–H groups in total. The molecule has 112 valence electrons. The molecule has 1 aromatic carbocycles. The Labute approximate surface area is 133 Å². The molecule has 2 aromatic rings. The molecule has 1 aromatic heterocycles. The first kappa shape index (κ1) is 15.8. The van der Waals surface area contributed by atoms with Gasteiger partial charge in [0.2, 0.25) is 5.91 Å². The first-order valence-electron chi connectivity index (χ1n) is 7.24. The van der Waals surface area contributed by atoms with Gasteiger partial charge in [0.15, 0.2) is 0 Å². The smallest absolute Gasteiger partial charge is 0.220 e. The predicted molar refractivity (Wildman–Crippen MR) is 87.9 cm³/mol. The maximum Gasteiger partial charge on any atom is 0.220 e. The minimum atomic E-state index is 0.121. The quantitative estimate of drug-likeness (QED) is 0.829. The molecule has 0 fully saturated rings. The summed E-state index contributed by atoms with van der Waals surface area (Å²) < 4.78 is 2.95. The van der Waals surface area contributed by atoms with Gasteiger partial charge in [-0.3, -0.25) is 9.48 Å². The van der Waals surface area contributed by atoms with E-state index in [1.54, 1.807) is 0 Å². The number of carbonyl (C=O) groups is 1. The summed E-state index contributed by atoms with van der Waals surface area (Å²) in [4.78, 5) is 11.5.